The standard InChI is InChI=1S/C24H32F2O4/c1-3-15-5-9-17(10-6-15)23(27)29-19-13-14-20(22(26)21(19)25)30-24(28)18-11-7-16(4-2)8-12-18/h13-18H,3-12H2,1-2H3/t15-,16-,17-,18-. The van der Waals surface area contributed by atoms with Gasteiger partial charge in [-0.25, -0.2) is 0 Å². The maximum Gasteiger partial charge on any atom is 0.314 e. The molecule has 0 amide bonds. The molecule has 2 saturated carbocycles. The van der Waals surface area contributed by atoms with Gasteiger partial charge in [-0.15, -0.1) is 0 Å². The highest BCUT2D eigenvalue weighted by molar-refractivity contribution is 5.76. The molecule has 1 aromatic carbocycles. The highest BCUT2D eigenvalue weighted by Gasteiger charge is 2.30. The van der Waals surface area contributed by atoms with E-state index in [0.29, 0.717) is 37.5 Å². The first kappa shape index (κ1) is 22.7. The summed E-state index contributed by atoms with van der Waals surface area (Å²) < 4.78 is 39.2. The number of benzene rings is 1. The van der Waals surface area contributed by atoms with E-state index >= 15 is 0 Å². The zero-order valence-electron chi connectivity index (χ0n) is 17.9. The normalized spacial score (nSPS) is 26.8. The van der Waals surface area contributed by atoms with Crippen molar-refractivity contribution >= 4 is 11.9 Å². The highest BCUT2D eigenvalue weighted by atomic mass is 19.2. The van der Waals surface area contributed by atoms with Crippen LogP contribution in [0.1, 0.15) is 78.1 Å². The quantitative estimate of drug-likeness (QED) is 0.404. The van der Waals surface area contributed by atoms with Crippen molar-refractivity contribution in [2.45, 2.75) is 78.1 Å². The summed E-state index contributed by atoms with van der Waals surface area (Å²) in [4.78, 5) is 24.7. The molecule has 4 nitrogen and oxygen atoms in total. The van der Waals surface area contributed by atoms with Gasteiger partial charge in [-0.2, -0.15) is 8.78 Å². The fraction of sp³-hybridized carbons (Fsp3) is 0.667. The van der Waals surface area contributed by atoms with E-state index in [0.717, 1.165) is 50.7 Å². The number of rotatable bonds is 6. The number of carbonyl (C=O) groups is 2. The van der Waals surface area contributed by atoms with E-state index in [4.69, 9.17) is 9.47 Å². The minimum atomic E-state index is -1.30. The van der Waals surface area contributed by atoms with Crippen LogP contribution in [0.15, 0.2) is 12.1 Å². The van der Waals surface area contributed by atoms with Crippen LogP contribution in [0.4, 0.5) is 8.78 Å². The van der Waals surface area contributed by atoms with E-state index in [-0.39, 0.29) is 11.8 Å². The molecule has 0 heterocycles. The number of hydrogen-bond donors (Lipinski definition) is 0. The Balaban J connectivity index is 1.58. The molecule has 1 aromatic rings. The minimum Gasteiger partial charge on any atom is -0.423 e. The smallest absolute Gasteiger partial charge is 0.314 e. The van der Waals surface area contributed by atoms with Crippen LogP contribution in [-0.2, 0) is 9.59 Å². The van der Waals surface area contributed by atoms with Crippen LogP contribution in [0.5, 0.6) is 11.5 Å². The van der Waals surface area contributed by atoms with Crippen LogP contribution in [0.2, 0.25) is 0 Å². The van der Waals surface area contributed by atoms with Gasteiger partial charge in [-0.1, -0.05) is 26.7 Å². The molecule has 0 bridgehead atoms. The van der Waals surface area contributed by atoms with Gasteiger partial charge in [0.05, 0.1) is 11.8 Å². The van der Waals surface area contributed by atoms with Gasteiger partial charge in [0, 0.05) is 0 Å². The Morgan fingerprint density at radius 3 is 1.37 bits per heavy atom. The molecule has 0 aromatic heterocycles. The number of hydrogen-bond acceptors (Lipinski definition) is 4. The molecule has 0 radical (unpaired) electrons. The summed E-state index contributed by atoms with van der Waals surface area (Å²) in [5.41, 5.74) is 0. The molecule has 6 heteroatoms. The maximum absolute atomic E-state index is 14.5. The minimum absolute atomic E-state index is 0.286. The van der Waals surface area contributed by atoms with Crippen LogP contribution in [0.25, 0.3) is 0 Å². The van der Waals surface area contributed by atoms with Gasteiger partial charge in [0.1, 0.15) is 0 Å². The lowest BCUT2D eigenvalue weighted by Crippen LogP contribution is -2.26. The molecule has 0 spiro atoms. The average molecular weight is 423 g/mol. The van der Waals surface area contributed by atoms with Crippen LogP contribution < -0.4 is 9.47 Å². The third-order valence-electron chi connectivity index (χ3n) is 6.95. The predicted octanol–water partition coefficient (Wildman–Crippen LogP) is 6.21. The largest absolute Gasteiger partial charge is 0.423 e. The van der Waals surface area contributed by atoms with E-state index in [2.05, 4.69) is 13.8 Å². The van der Waals surface area contributed by atoms with Crippen molar-refractivity contribution in [3.05, 3.63) is 23.8 Å². The number of ether oxygens (including phenoxy) is 2. The maximum atomic E-state index is 14.5. The third-order valence-corrected chi connectivity index (χ3v) is 6.95. The molecule has 0 unspecified atom stereocenters. The summed E-state index contributed by atoms with van der Waals surface area (Å²) >= 11 is 0. The first-order valence-corrected chi connectivity index (χ1v) is 11.3. The first-order chi connectivity index (χ1) is 14.4. The van der Waals surface area contributed by atoms with Crippen LogP contribution in [0, 0.1) is 35.3 Å². The van der Waals surface area contributed by atoms with Gasteiger partial charge >= 0.3 is 11.9 Å². The second kappa shape index (κ2) is 10.4. The second-order valence-electron chi connectivity index (χ2n) is 8.78. The molecule has 2 aliphatic rings. The van der Waals surface area contributed by atoms with Gasteiger partial charge in [0.15, 0.2) is 11.5 Å². The molecule has 0 saturated heterocycles. The Morgan fingerprint density at radius 2 is 1.07 bits per heavy atom. The van der Waals surface area contributed by atoms with Crippen LogP contribution >= 0.6 is 0 Å². The molecule has 2 fully saturated rings. The molecule has 166 valence electrons. The molecule has 3 rings (SSSR count). The Bertz CT molecular complexity index is 685. The third kappa shape index (κ3) is 5.38. The van der Waals surface area contributed by atoms with E-state index in [9.17, 15) is 18.4 Å². The van der Waals surface area contributed by atoms with Crippen LogP contribution in [-0.4, -0.2) is 11.9 Å². The van der Waals surface area contributed by atoms with Crippen molar-refractivity contribution in [3.63, 3.8) is 0 Å². The topological polar surface area (TPSA) is 52.6 Å². The van der Waals surface area contributed by atoms with Gasteiger partial charge in [0.25, 0.3) is 0 Å². The number of carbonyl (C=O) groups excluding carboxylic acids is 2. The molecule has 0 atom stereocenters. The molecular formula is C24H32F2O4. The van der Waals surface area contributed by atoms with E-state index in [1.807, 2.05) is 0 Å². The molecular weight excluding hydrogens is 390 g/mol. The van der Waals surface area contributed by atoms with Crippen LogP contribution in [0.3, 0.4) is 0 Å². The number of halogens is 2. The first-order valence-electron chi connectivity index (χ1n) is 11.3. The number of esters is 2. The Kier molecular flexibility index (Phi) is 7.84. The summed E-state index contributed by atoms with van der Waals surface area (Å²) in [6.07, 6.45) is 8.78. The van der Waals surface area contributed by atoms with Crippen molar-refractivity contribution in [2.75, 3.05) is 0 Å². The summed E-state index contributed by atoms with van der Waals surface area (Å²) in [7, 11) is 0. The van der Waals surface area contributed by atoms with Gasteiger partial charge < -0.3 is 9.47 Å². The molecule has 0 aliphatic heterocycles. The lowest BCUT2D eigenvalue weighted by atomic mass is 9.81. The molecule has 2 aliphatic carbocycles. The second-order valence-corrected chi connectivity index (χ2v) is 8.78. The highest BCUT2D eigenvalue weighted by Crippen LogP contribution is 2.35. The zero-order valence-corrected chi connectivity index (χ0v) is 17.9. The van der Waals surface area contributed by atoms with Crippen molar-refractivity contribution < 1.29 is 27.8 Å². The van der Waals surface area contributed by atoms with Gasteiger partial charge in [0.2, 0.25) is 11.6 Å². The monoisotopic (exact) mass is 422 g/mol. The SMILES string of the molecule is CC[C@H]1CC[C@H](C(=O)Oc2ccc(OC(=O)[C@H]3CC[C@H](CC)CC3)c(F)c2F)CC1. The van der Waals surface area contributed by atoms with Crippen molar-refractivity contribution in [3.8, 4) is 11.5 Å². The Hall–Kier alpha value is -1.98. The lowest BCUT2D eigenvalue weighted by Gasteiger charge is -2.26. The molecule has 0 N–H and O–H groups in total. The lowest BCUT2D eigenvalue weighted by molar-refractivity contribution is -0.141. The fourth-order valence-corrected chi connectivity index (χ4v) is 4.67. The van der Waals surface area contributed by atoms with Crippen molar-refractivity contribution in [1.82, 2.24) is 0 Å². The summed E-state index contributed by atoms with van der Waals surface area (Å²) in [5.74, 6) is -3.91. The average Bonchev–Trinajstić information content (AvgIpc) is 2.78. The summed E-state index contributed by atoms with van der Waals surface area (Å²) in [6, 6.07) is 2.31. The fourth-order valence-electron chi connectivity index (χ4n) is 4.67. The zero-order chi connectivity index (χ0) is 21.7. The van der Waals surface area contributed by atoms with E-state index in [1.165, 1.54) is 0 Å². The summed E-state index contributed by atoms with van der Waals surface area (Å²) in [5, 5.41) is 0. The molecule has 30 heavy (non-hydrogen) atoms. The van der Waals surface area contributed by atoms with Crippen molar-refractivity contribution in [2.24, 2.45) is 23.7 Å². The predicted molar refractivity (Wildman–Crippen MR) is 109 cm³/mol. The van der Waals surface area contributed by atoms with E-state index in [1.54, 1.807) is 0 Å². The van der Waals surface area contributed by atoms with Gasteiger partial charge in [-0.3, -0.25) is 9.59 Å². The van der Waals surface area contributed by atoms with Crippen molar-refractivity contribution in [1.29, 1.82) is 0 Å². The Morgan fingerprint density at radius 1 is 0.733 bits per heavy atom. The van der Waals surface area contributed by atoms with Gasteiger partial charge in [-0.05, 0) is 75.3 Å². The summed E-state index contributed by atoms with van der Waals surface area (Å²) in [6.45, 7) is 4.26. The van der Waals surface area contributed by atoms with E-state index < -0.39 is 35.1 Å². The Labute approximate surface area is 177 Å².